The molecule has 3 rings (SSSR count). The van der Waals surface area contributed by atoms with E-state index in [1.165, 1.54) is 6.20 Å². The zero-order valence-electron chi connectivity index (χ0n) is 10.1. The molecule has 0 amide bonds. The van der Waals surface area contributed by atoms with Crippen molar-refractivity contribution in [3.8, 4) is 0 Å². The van der Waals surface area contributed by atoms with Crippen LogP contribution in [0.1, 0.15) is 17.3 Å². The molecule has 2 heterocycles. The Labute approximate surface area is 113 Å². The quantitative estimate of drug-likeness (QED) is 0.675. The number of aromatic nitrogens is 3. The van der Waals surface area contributed by atoms with Gasteiger partial charge in [0.05, 0.1) is 23.8 Å². The number of fused-ring (bicyclic) bond motifs is 3. The Morgan fingerprint density at radius 3 is 3.00 bits per heavy atom. The van der Waals surface area contributed by atoms with Crippen molar-refractivity contribution in [3.63, 3.8) is 0 Å². The van der Waals surface area contributed by atoms with Gasteiger partial charge in [-0.15, -0.1) is 0 Å². The number of benzene rings is 1. The minimum absolute atomic E-state index is 0.235. The maximum Gasteiger partial charge on any atom is 0.342 e. The minimum Gasteiger partial charge on any atom is -0.462 e. The predicted molar refractivity (Wildman–Crippen MR) is 71.5 cm³/mol. The van der Waals surface area contributed by atoms with Crippen molar-refractivity contribution in [2.24, 2.45) is 0 Å². The number of rotatable bonds is 2. The molecule has 19 heavy (non-hydrogen) atoms. The van der Waals surface area contributed by atoms with Gasteiger partial charge in [0.25, 0.3) is 0 Å². The Balaban J connectivity index is 2.34. The fourth-order valence-electron chi connectivity index (χ4n) is 1.98. The number of halogens is 1. The molecule has 0 saturated carbocycles. The summed E-state index contributed by atoms with van der Waals surface area (Å²) in [7, 11) is 0. The van der Waals surface area contributed by atoms with E-state index in [9.17, 15) is 4.79 Å². The Hall–Kier alpha value is -2.14. The summed E-state index contributed by atoms with van der Waals surface area (Å²) in [6.07, 6.45) is 1.45. The smallest absolute Gasteiger partial charge is 0.342 e. The van der Waals surface area contributed by atoms with Crippen molar-refractivity contribution < 1.29 is 9.53 Å². The summed E-state index contributed by atoms with van der Waals surface area (Å²) in [4.78, 5) is 16.1. The molecule has 0 atom stereocenters. The number of hydrogen-bond acceptors (Lipinski definition) is 4. The van der Waals surface area contributed by atoms with Crippen LogP contribution in [0.4, 0.5) is 0 Å². The van der Waals surface area contributed by atoms with Crippen LogP contribution in [-0.2, 0) is 4.74 Å². The maximum atomic E-state index is 11.8. The molecule has 0 radical (unpaired) electrons. The topological polar surface area (TPSA) is 56.5 Å². The van der Waals surface area contributed by atoms with E-state index in [1.807, 2.05) is 24.3 Å². The monoisotopic (exact) mass is 275 g/mol. The molecule has 96 valence electrons. The SMILES string of the molecule is CCOC(=O)c1cnn2c1c(Cl)nc1ccccc12. The number of hydrogen-bond donors (Lipinski definition) is 0. The third-order valence-electron chi connectivity index (χ3n) is 2.79. The lowest BCUT2D eigenvalue weighted by atomic mass is 10.2. The molecule has 6 heteroatoms. The van der Waals surface area contributed by atoms with E-state index < -0.39 is 5.97 Å². The zero-order valence-corrected chi connectivity index (χ0v) is 10.9. The number of ether oxygens (including phenoxy) is 1. The molecule has 0 aliphatic carbocycles. The van der Waals surface area contributed by atoms with E-state index in [0.717, 1.165) is 11.0 Å². The van der Waals surface area contributed by atoms with Crippen LogP contribution in [0.25, 0.3) is 16.6 Å². The molecule has 0 fully saturated rings. The van der Waals surface area contributed by atoms with Gasteiger partial charge >= 0.3 is 5.97 Å². The van der Waals surface area contributed by atoms with Gasteiger partial charge in [0, 0.05) is 0 Å². The summed E-state index contributed by atoms with van der Waals surface area (Å²) in [5, 5.41) is 4.44. The number of para-hydroxylation sites is 2. The largest absolute Gasteiger partial charge is 0.462 e. The van der Waals surface area contributed by atoms with Crippen LogP contribution in [0.5, 0.6) is 0 Å². The second-order valence-electron chi connectivity index (χ2n) is 3.93. The van der Waals surface area contributed by atoms with Gasteiger partial charge < -0.3 is 4.74 Å². The fraction of sp³-hybridized carbons (Fsp3) is 0.154. The summed E-state index contributed by atoms with van der Waals surface area (Å²) in [6.45, 7) is 2.05. The molecule has 0 spiro atoms. The Kier molecular flexibility index (Phi) is 2.83. The molecular weight excluding hydrogens is 266 g/mol. The number of esters is 1. The molecule has 0 bridgehead atoms. The van der Waals surface area contributed by atoms with E-state index in [1.54, 1.807) is 11.4 Å². The maximum absolute atomic E-state index is 11.8. The van der Waals surface area contributed by atoms with Gasteiger partial charge in [-0.2, -0.15) is 5.10 Å². The van der Waals surface area contributed by atoms with Gasteiger partial charge in [-0.3, -0.25) is 0 Å². The lowest BCUT2D eigenvalue weighted by Gasteiger charge is -2.04. The molecule has 0 aliphatic rings. The Morgan fingerprint density at radius 1 is 1.42 bits per heavy atom. The highest BCUT2D eigenvalue weighted by atomic mass is 35.5. The summed E-state index contributed by atoms with van der Waals surface area (Å²) in [5.41, 5.74) is 2.31. The van der Waals surface area contributed by atoms with Gasteiger partial charge in [0.1, 0.15) is 11.1 Å². The number of nitrogens with zero attached hydrogens (tertiary/aromatic N) is 3. The first-order chi connectivity index (χ1) is 9.22. The third-order valence-corrected chi connectivity index (χ3v) is 3.05. The van der Waals surface area contributed by atoms with Crippen LogP contribution in [-0.4, -0.2) is 27.2 Å². The summed E-state index contributed by atoms with van der Waals surface area (Å²) >= 11 is 6.15. The van der Waals surface area contributed by atoms with Crippen molar-refractivity contribution in [3.05, 3.63) is 41.2 Å². The van der Waals surface area contributed by atoms with E-state index >= 15 is 0 Å². The van der Waals surface area contributed by atoms with Crippen molar-refractivity contribution in [1.29, 1.82) is 0 Å². The lowest BCUT2D eigenvalue weighted by molar-refractivity contribution is 0.0528. The molecule has 3 aromatic rings. The zero-order chi connectivity index (χ0) is 13.4. The molecule has 5 nitrogen and oxygen atoms in total. The van der Waals surface area contributed by atoms with Crippen molar-refractivity contribution in [1.82, 2.24) is 14.6 Å². The number of carbonyl (C=O) groups excluding carboxylic acids is 1. The molecule has 0 N–H and O–H groups in total. The van der Waals surface area contributed by atoms with Crippen LogP contribution in [0.2, 0.25) is 5.15 Å². The highest BCUT2D eigenvalue weighted by Crippen LogP contribution is 2.24. The van der Waals surface area contributed by atoms with Gasteiger partial charge in [0.15, 0.2) is 5.15 Å². The van der Waals surface area contributed by atoms with Crippen molar-refractivity contribution in [2.75, 3.05) is 6.61 Å². The molecule has 0 unspecified atom stereocenters. The van der Waals surface area contributed by atoms with Crippen LogP contribution >= 0.6 is 11.6 Å². The summed E-state index contributed by atoms with van der Waals surface area (Å²) < 4.78 is 6.59. The molecule has 0 saturated heterocycles. The summed E-state index contributed by atoms with van der Waals surface area (Å²) in [6, 6.07) is 7.45. The van der Waals surface area contributed by atoms with Crippen molar-refractivity contribution in [2.45, 2.75) is 6.92 Å². The highest BCUT2D eigenvalue weighted by Gasteiger charge is 2.18. The van der Waals surface area contributed by atoms with E-state index in [-0.39, 0.29) is 5.15 Å². The van der Waals surface area contributed by atoms with Gasteiger partial charge in [0.2, 0.25) is 0 Å². The van der Waals surface area contributed by atoms with Crippen LogP contribution in [0.3, 0.4) is 0 Å². The normalized spacial score (nSPS) is 11.1. The van der Waals surface area contributed by atoms with Gasteiger partial charge in [-0.1, -0.05) is 23.7 Å². The average Bonchev–Trinajstić information content (AvgIpc) is 2.85. The third kappa shape index (κ3) is 1.82. The standard InChI is InChI=1S/C13H10ClN3O2/c1-2-19-13(18)8-7-15-17-10-6-4-3-5-9(10)16-12(14)11(8)17/h3-7H,2H2,1H3. The van der Waals surface area contributed by atoms with Crippen LogP contribution in [0.15, 0.2) is 30.5 Å². The first-order valence-electron chi connectivity index (χ1n) is 5.81. The molecule has 0 aliphatic heterocycles. The summed E-state index contributed by atoms with van der Waals surface area (Å²) in [5.74, 6) is -0.448. The highest BCUT2D eigenvalue weighted by molar-refractivity contribution is 6.34. The van der Waals surface area contributed by atoms with Crippen molar-refractivity contribution >= 4 is 34.1 Å². The second-order valence-corrected chi connectivity index (χ2v) is 4.29. The molecule has 1 aromatic carbocycles. The first kappa shape index (κ1) is 11.9. The first-order valence-corrected chi connectivity index (χ1v) is 6.19. The van der Waals surface area contributed by atoms with Crippen LogP contribution in [0, 0.1) is 0 Å². The number of carbonyl (C=O) groups is 1. The predicted octanol–water partition coefficient (Wildman–Crippen LogP) is 2.71. The molecule has 2 aromatic heterocycles. The van der Waals surface area contributed by atoms with E-state index in [4.69, 9.17) is 16.3 Å². The molecular formula is C13H10ClN3O2. The van der Waals surface area contributed by atoms with E-state index in [0.29, 0.717) is 17.7 Å². The minimum atomic E-state index is -0.448. The Morgan fingerprint density at radius 2 is 2.21 bits per heavy atom. The van der Waals surface area contributed by atoms with E-state index in [2.05, 4.69) is 10.1 Å². The average molecular weight is 276 g/mol. The fourth-order valence-corrected chi connectivity index (χ4v) is 2.26. The van der Waals surface area contributed by atoms with Gasteiger partial charge in [-0.25, -0.2) is 14.3 Å². The second kappa shape index (κ2) is 4.51. The Bertz CT molecular complexity index is 782. The van der Waals surface area contributed by atoms with Crippen LogP contribution < -0.4 is 0 Å². The van der Waals surface area contributed by atoms with Gasteiger partial charge in [-0.05, 0) is 19.1 Å². The lowest BCUT2D eigenvalue weighted by Crippen LogP contribution is -2.05.